The lowest BCUT2D eigenvalue weighted by Crippen LogP contribution is -2.30. The van der Waals surface area contributed by atoms with Gasteiger partial charge < -0.3 is 19.7 Å². The Balaban J connectivity index is 1.41. The number of amides is 1. The van der Waals surface area contributed by atoms with Crippen LogP contribution in [0, 0.1) is 27.7 Å². The lowest BCUT2D eigenvalue weighted by Gasteiger charge is -2.18. The van der Waals surface area contributed by atoms with Crippen LogP contribution in [-0.4, -0.2) is 44.9 Å². The van der Waals surface area contributed by atoms with Gasteiger partial charge in [-0.15, -0.1) is 0 Å². The van der Waals surface area contributed by atoms with Gasteiger partial charge in [0.25, 0.3) is 5.91 Å². The molecule has 0 bridgehead atoms. The molecule has 1 aliphatic rings. The number of nitrogens with zero attached hydrogens (tertiary/aromatic N) is 3. The molecule has 0 aliphatic carbocycles. The zero-order chi connectivity index (χ0) is 32.2. The van der Waals surface area contributed by atoms with E-state index in [1.807, 2.05) is 63.7 Å². The van der Waals surface area contributed by atoms with E-state index in [1.165, 1.54) is 0 Å². The molecule has 2 aromatic heterocycles. The molecule has 3 aromatic carbocycles. The van der Waals surface area contributed by atoms with Gasteiger partial charge in [-0.05, 0) is 99.5 Å². The summed E-state index contributed by atoms with van der Waals surface area (Å²) in [6.45, 7) is 8.76. The second-order valence-electron chi connectivity index (χ2n) is 11.7. The van der Waals surface area contributed by atoms with E-state index < -0.39 is 5.97 Å². The molecule has 3 heterocycles. The lowest BCUT2D eigenvalue weighted by atomic mass is 9.98. The van der Waals surface area contributed by atoms with Gasteiger partial charge in [-0.3, -0.25) is 9.48 Å². The van der Waals surface area contributed by atoms with Crippen LogP contribution in [0.5, 0.6) is 5.75 Å². The fraction of sp³-hybridized carbons (Fsp3) is 0.286. The van der Waals surface area contributed by atoms with Crippen molar-refractivity contribution in [3.63, 3.8) is 0 Å². The van der Waals surface area contributed by atoms with Gasteiger partial charge in [0.2, 0.25) is 0 Å². The summed E-state index contributed by atoms with van der Waals surface area (Å²) in [6.07, 6.45) is 1.86. The van der Waals surface area contributed by atoms with Crippen LogP contribution in [0.4, 0.5) is 5.69 Å². The second kappa shape index (κ2) is 11.9. The number of carboxylic acids is 1. The predicted molar refractivity (Wildman–Crippen MR) is 179 cm³/mol. The Hall–Kier alpha value is -4.27. The highest BCUT2D eigenvalue weighted by atomic mass is 35.5. The van der Waals surface area contributed by atoms with Crippen LogP contribution in [0.1, 0.15) is 60.9 Å². The summed E-state index contributed by atoms with van der Waals surface area (Å²) in [5, 5.41) is 16.4. The largest absolute Gasteiger partial charge is 0.494 e. The fourth-order valence-corrected chi connectivity index (χ4v) is 6.76. The molecule has 0 fully saturated rings. The number of aryl methyl sites for hydroxylation is 5. The van der Waals surface area contributed by atoms with E-state index in [0.717, 1.165) is 66.4 Å². The van der Waals surface area contributed by atoms with Crippen molar-refractivity contribution in [3.05, 3.63) is 97.4 Å². The number of carboxylic acid groups (broad SMARTS) is 1. The summed E-state index contributed by atoms with van der Waals surface area (Å²) >= 11 is 13.2. The number of carbonyl (C=O) groups is 2. The number of nitrogens with one attached hydrogen (secondary N) is 1. The molecule has 0 saturated heterocycles. The monoisotopic (exact) mass is 644 g/mol. The number of halogens is 2. The Labute approximate surface area is 271 Å². The second-order valence-corrected chi connectivity index (χ2v) is 12.5. The summed E-state index contributed by atoms with van der Waals surface area (Å²) in [6, 6.07) is 12.6. The highest BCUT2D eigenvalue weighted by Gasteiger charge is 2.31. The minimum atomic E-state index is -1.03. The number of benzene rings is 3. The third kappa shape index (κ3) is 5.47. The molecule has 1 aliphatic heterocycles. The third-order valence-electron chi connectivity index (χ3n) is 8.73. The number of anilines is 1. The molecule has 1 amide bonds. The molecule has 5 aromatic rings. The van der Waals surface area contributed by atoms with Crippen molar-refractivity contribution in [2.24, 2.45) is 7.05 Å². The molecular formula is C35H34Cl2N4O4. The molecule has 232 valence electrons. The van der Waals surface area contributed by atoms with E-state index in [0.29, 0.717) is 48.8 Å². The first-order valence-electron chi connectivity index (χ1n) is 14.9. The maximum atomic E-state index is 14.4. The Morgan fingerprint density at radius 3 is 2.42 bits per heavy atom. The number of H-pyrrole nitrogens is 1. The van der Waals surface area contributed by atoms with Crippen molar-refractivity contribution >= 4 is 51.7 Å². The summed E-state index contributed by atoms with van der Waals surface area (Å²) in [5.41, 5.74) is 9.24. The Bertz CT molecular complexity index is 1990. The average molecular weight is 646 g/mol. The maximum Gasteiger partial charge on any atom is 0.335 e. The van der Waals surface area contributed by atoms with Crippen molar-refractivity contribution in [1.29, 1.82) is 0 Å². The highest BCUT2D eigenvalue weighted by molar-refractivity contribution is 6.35. The van der Waals surface area contributed by atoms with Crippen molar-refractivity contribution in [1.82, 2.24) is 14.8 Å². The minimum Gasteiger partial charge on any atom is -0.494 e. The summed E-state index contributed by atoms with van der Waals surface area (Å²) in [7, 11) is 1.90. The van der Waals surface area contributed by atoms with Gasteiger partial charge in [0, 0.05) is 46.5 Å². The smallest absolute Gasteiger partial charge is 0.335 e. The summed E-state index contributed by atoms with van der Waals surface area (Å²) in [4.78, 5) is 31.3. The van der Waals surface area contributed by atoms with E-state index in [2.05, 4.69) is 10.1 Å². The van der Waals surface area contributed by atoms with Crippen LogP contribution in [0.25, 0.3) is 22.0 Å². The van der Waals surface area contributed by atoms with Crippen molar-refractivity contribution in [2.45, 2.75) is 47.0 Å². The van der Waals surface area contributed by atoms with Gasteiger partial charge >= 0.3 is 5.97 Å². The van der Waals surface area contributed by atoms with Gasteiger partial charge in [-0.2, -0.15) is 5.10 Å². The molecular weight excluding hydrogens is 611 g/mol. The predicted octanol–water partition coefficient (Wildman–Crippen LogP) is 8.02. The third-order valence-corrected chi connectivity index (χ3v) is 9.64. The maximum absolute atomic E-state index is 14.4. The minimum absolute atomic E-state index is 0.145. The molecule has 0 radical (unpaired) electrons. The number of rotatable bonds is 8. The molecule has 45 heavy (non-hydrogen) atoms. The Morgan fingerprint density at radius 2 is 1.76 bits per heavy atom. The highest BCUT2D eigenvalue weighted by Crippen LogP contribution is 2.41. The molecule has 10 heteroatoms. The Kier molecular flexibility index (Phi) is 8.14. The van der Waals surface area contributed by atoms with Gasteiger partial charge in [0.1, 0.15) is 11.4 Å². The van der Waals surface area contributed by atoms with Gasteiger partial charge in [0.05, 0.1) is 28.4 Å². The van der Waals surface area contributed by atoms with Crippen molar-refractivity contribution < 1.29 is 19.4 Å². The molecule has 0 atom stereocenters. The van der Waals surface area contributed by atoms with E-state index in [1.54, 1.807) is 23.1 Å². The van der Waals surface area contributed by atoms with Crippen LogP contribution in [0.2, 0.25) is 10.0 Å². The quantitative estimate of drug-likeness (QED) is 0.167. The molecule has 0 saturated carbocycles. The van der Waals surface area contributed by atoms with E-state index in [-0.39, 0.29) is 11.5 Å². The number of ether oxygens (including phenoxy) is 1. The van der Waals surface area contributed by atoms with Gasteiger partial charge in [-0.25, -0.2) is 4.79 Å². The first-order valence-corrected chi connectivity index (χ1v) is 15.6. The van der Waals surface area contributed by atoms with Crippen LogP contribution < -0.4 is 9.64 Å². The molecule has 0 spiro atoms. The number of carbonyl (C=O) groups excluding carboxylic acids is 1. The lowest BCUT2D eigenvalue weighted by molar-refractivity contribution is 0.0696. The van der Waals surface area contributed by atoms with Crippen LogP contribution in [-0.2, 0) is 19.9 Å². The summed E-state index contributed by atoms with van der Waals surface area (Å²) in [5.74, 6) is -0.492. The summed E-state index contributed by atoms with van der Waals surface area (Å²) < 4.78 is 7.94. The van der Waals surface area contributed by atoms with Gasteiger partial charge in [0.15, 0.2) is 0 Å². The number of hydrogen-bond donors (Lipinski definition) is 2. The molecule has 8 nitrogen and oxygen atoms in total. The molecule has 2 N–H and O–H groups in total. The van der Waals surface area contributed by atoms with Crippen LogP contribution in [0.3, 0.4) is 0 Å². The number of fused-ring (bicyclic) bond motifs is 2. The number of aromatic amines is 1. The first-order chi connectivity index (χ1) is 21.5. The van der Waals surface area contributed by atoms with Crippen LogP contribution in [0.15, 0.2) is 42.5 Å². The molecule has 6 rings (SSSR count). The first kappa shape index (κ1) is 30.7. The number of hydrogen-bond acceptors (Lipinski definition) is 4. The number of aromatic nitrogens is 3. The van der Waals surface area contributed by atoms with Crippen molar-refractivity contribution in [3.8, 4) is 16.9 Å². The SMILES string of the molecule is Cc1cc(OCCCc2c(C(=O)N3CCc4ccc(C(=O)O)cc43)[nH]c3c(-c4c(C)nn(C)c4C)c(Cl)ccc23)cc(C)c1Cl. The Morgan fingerprint density at radius 1 is 1.02 bits per heavy atom. The average Bonchev–Trinajstić information content (AvgIpc) is 3.66. The zero-order valence-corrected chi connectivity index (χ0v) is 27.4. The van der Waals surface area contributed by atoms with E-state index in [9.17, 15) is 14.7 Å². The van der Waals surface area contributed by atoms with Crippen LogP contribution >= 0.6 is 23.2 Å². The topological polar surface area (TPSA) is 100 Å². The van der Waals surface area contributed by atoms with Crippen molar-refractivity contribution in [2.75, 3.05) is 18.1 Å². The standard InChI is InChI=1S/C35H34Cl2N4O4/c1-18-15-24(16-19(2)31(18)37)45-14-6-7-25-26-10-11-27(36)30(29-20(3)39-40(5)21(29)4)32(26)38-33(25)34(42)41-13-12-22-8-9-23(35(43)44)17-28(22)41/h8-11,15-17,38H,6-7,12-14H2,1-5H3,(H,43,44). The van der Waals surface area contributed by atoms with E-state index in [4.69, 9.17) is 27.9 Å². The zero-order valence-electron chi connectivity index (χ0n) is 25.8. The fourth-order valence-electron chi connectivity index (χ4n) is 6.40. The van der Waals surface area contributed by atoms with Gasteiger partial charge in [-0.1, -0.05) is 35.3 Å². The molecule has 0 unspecified atom stereocenters. The van der Waals surface area contributed by atoms with E-state index >= 15 is 0 Å². The number of aromatic carboxylic acids is 1. The normalized spacial score (nSPS) is 12.6.